The number of carbonyl (C=O) groups is 4. The first-order valence-electron chi connectivity index (χ1n) is 16.0. The molecule has 0 saturated heterocycles. The van der Waals surface area contributed by atoms with Crippen molar-refractivity contribution in [1.29, 1.82) is 0 Å². The molecule has 52 heavy (non-hydrogen) atoms. The molecule has 0 aliphatic heterocycles. The van der Waals surface area contributed by atoms with Gasteiger partial charge in [0.1, 0.15) is 60.9 Å². The van der Waals surface area contributed by atoms with Crippen LogP contribution in [0.1, 0.15) is 27.7 Å². The third-order valence-corrected chi connectivity index (χ3v) is 6.56. The van der Waals surface area contributed by atoms with E-state index in [1.165, 1.54) is 27.7 Å². The van der Waals surface area contributed by atoms with Gasteiger partial charge in [-0.2, -0.15) is 0 Å². The molecule has 0 aliphatic carbocycles. The Labute approximate surface area is 302 Å². The first-order chi connectivity index (χ1) is 24.7. The lowest BCUT2D eigenvalue weighted by Gasteiger charge is -2.19. The second kappa shape index (κ2) is 19.8. The molecule has 0 heterocycles. The molecule has 2 unspecified atom stereocenters. The number of ether oxygens (including phenoxy) is 8. The van der Waals surface area contributed by atoms with Gasteiger partial charge in [-0.15, -0.1) is 0 Å². The number of hydrogen-bond acceptors (Lipinski definition) is 12. The van der Waals surface area contributed by atoms with Crippen molar-refractivity contribution in [2.75, 3.05) is 26.4 Å². The average molecular weight is 715 g/mol. The largest absolute Gasteiger partial charge is 0.490 e. The van der Waals surface area contributed by atoms with E-state index in [0.29, 0.717) is 34.5 Å². The number of benzene rings is 3. The molecule has 12 heteroatoms. The van der Waals surface area contributed by atoms with Crippen molar-refractivity contribution in [3.8, 4) is 34.5 Å². The van der Waals surface area contributed by atoms with Gasteiger partial charge in [0.2, 0.25) is 0 Å². The average Bonchev–Trinajstić information content (AvgIpc) is 3.11. The number of rotatable bonds is 20. The third kappa shape index (κ3) is 13.9. The van der Waals surface area contributed by atoms with E-state index in [1.54, 1.807) is 72.8 Å². The molecule has 274 valence electrons. The van der Waals surface area contributed by atoms with Gasteiger partial charge < -0.3 is 37.9 Å². The van der Waals surface area contributed by atoms with Crippen LogP contribution in [0.3, 0.4) is 0 Å². The van der Waals surface area contributed by atoms with E-state index in [9.17, 15) is 19.2 Å². The Morgan fingerprint density at radius 2 is 0.673 bits per heavy atom. The van der Waals surface area contributed by atoms with Crippen molar-refractivity contribution in [2.45, 2.75) is 39.9 Å². The minimum Gasteiger partial charge on any atom is -0.490 e. The number of carbonyl (C=O) groups excluding carboxylic acids is 4. The summed E-state index contributed by atoms with van der Waals surface area (Å²) in [5, 5.41) is 0. The number of esters is 4. The molecule has 0 bridgehead atoms. The minimum atomic E-state index is -0.861. The zero-order chi connectivity index (χ0) is 38.2. The molecule has 3 aromatic rings. The molecule has 0 radical (unpaired) electrons. The van der Waals surface area contributed by atoms with Gasteiger partial charge in [0.15, 0.2) is 12.2 Å². The van der Waals surface area contributed by atoms with Crippen LogP contribution in [0.5, 0.6) is 34.5 Å². The Kier molecular flexibility index (Phi) is 15.3. The third-order valence-electron chi connectivity index (χ3n) is 6.56. The quantitative estimate of drug-likeness (QED) is 0.0661. The van der Waals surface area contributed by atoms with Gasteiger partial charge in [-0.3, -0.25) is 0 Å². The Morgan fingerprint density at radius 3 is 0.923 bits per heavy atom. The highest BCUT2D eigenvalue weighted by Gasteiger charge is 2.20. The molecule has 0 fully saturated rings. The second-order valence-electron chi connectivity index (χ2n) is 11.6. The minimum absolute atomic E-state index is 0.0673. The lowest BCUT2D eigenvalue weighted by Crippen LogP contribution is -2.31. The van der Waals surface area contributed by atoms with E-state index in [2.05, 4.69) is 26.3 Å². The molecule has 0 saturated carbocycles. The van der Waals surface area contributed by atoms with Gasteiger partial charge in [-0.25, -0.2) is 19.2 Å². The van der Waals surface area contributed by atoms with Gasteiger partial charge in [0.05, 0.1) is 0 Å². The highest BCUT2D eigenvalue weighted by Crippen LogP contribution is 2.29. The first kappa shape index (κ1) is 40.1. The van der Waals surface area contributed by atoms with E-state index in [1.807, 2.05) is 0 Å². The van der Waals surface area contributed by atoms with Gasteiger partial charge in [-0.05, 0) is 100 Å². The Morgan fingerprint density at radius 1 is 0.423 bits per heavy atom. The SMILES string of the molecule is C=C(C)C(=O)OCC(COc1ccc(Oc2ccc(Oc3ccc(OCC(COC(=O)C(=C)C)OC(=O)C(=C)C)cc3)cc2)cc1)OC(=O)C(=C)C. The summed E-state index contributed by atoms with van der Waals surface area (Å²) in [4.78, 5) is 47.6. The van der Waals surface area contributed by atoms with Crippen molar-refractivity contribution in [3.05, 3.63) is 121 Å². The summed E-state index contributed by atoms with van der Waals surface area (Å²) >= 11 is 0. The predicted octanol–water partition coefficient (Wildman–Crippen LogP) is 7.24. The predicted molar refractivity (Wildman–Crippen MR) is 191 cm³/mol. The van der Waals surface area contributed by atoms with Gasteiger partial charge in [-0.1, -0.05) is 26.3 Å². The van der Waals surface area contributed by atoms with Crippen LogP contribution in [-0.2, 0) is 38.1 Å². The lowest BCUT2D eigenvalue weighted by atomic mass is 10.3. The second-order valence-corrected chi connectivity index (χ2v) is 11.6. The van der Waals surface area contributed by atoms with E-state index in [0.717, 1.165) is 0 Å². The maximum atomic E-state index is 12.0. The number of hydrogen-bond donors (Lipinski definition) is 0. The molecule has 0 spiro atoms. The zero-order valence-electron chi connectivity index (χ0n) is 29.6. The van der Waals surface area contributed by atoms with E-state index >= 15 is 0 Å². The van der Waals surface area contributed by atoms with E-state index < -0.39 is 36.1 Å². The molecular formula is C40H42O12. The smallest absolute Gasteiger partial charge is 0.333 e. The van der Waals surface area contributed by atoms with Crippen molar-refractivity contribution < 1.29 is 57.1 Å². The van der Waals surface area contributed by atoms with Crippen molar-refractivity contribution in [1.82, 2.24) is 0 Å². The topological polar surface area (TPSA) is 142 Å². The van der Waals surface area contributed by atoms with Crippen molar-refractivity contribution >= 4 is 23.9 Å². The normalized spacial score (nSPS) is 11.5. The van der Waals surface area contributed by atoms with Crippen LogP contribution in [-0.4, -0.2) is 62.5 Å². The highest BCUT2D eigenvalue weighted by atomic mass is 16.6. The molecule has 0 aliphatic rings. The van der Waals surface area contributed by atoms with Gasteiger partial charge in [0.25, 0.3) is 0 Å². The molecule has 3 aromatic carbocycles. The molecule has 2 atom stereocenters. The standard InChI is InChI=1S/C40H42O12/c1-25(2)37(41)47-23-35(51-39(43)27(5)6)21-45-29-9-13-31(14-10-29)49-33-17-19-34(20-18-33)50-32-15-11-30(12-16-32)46-22-36(52-40(44)28(7)8)24-48-38(42)26(3)4/h9-20,35-36H,1,3,5,7,21-24H2,2,4,6,8H3. The maximum Gasteiger partial charge on any atom is 0.333 e. The summed E-state index contributed by atoms with van der Waals surface area (Å²) in [5.74, 6) is 0.701. The highest BCUT2D eigenvalue weighted by molar-refractivity contribution is 5.88. The zero-order valence-corrected chi connectivity index (χ0v) is 29.6. The summed E-state index contributed by atoms with van der Waals surface area (Å²) in [7, 11) is 0. The molecule has 0 N–H and O–H groups in total. The fraction of sp³-hybridized carbons (Fsp3) is 0.250. The van der Waals surface area contributed by atoms with Crippen LogP contribution in [0, 0.1) is 0 Å². The molecule has 12 nitrogen and oxygen atoms in total. The lowest BCUT2D eigenvalue weighted by molar-refractivity contribution is -0.155. The summed E-state index contributed by atoms with van der Waals surface area (Å²) in [6.07, 6.45) is -1.72. The van der Waals surface area contributed by atoms with Crippen LogP contribution in [0.2, 0.25) is 0 Å². The molecule has 3 rings (SSSR count). The summed E-state index contributed by atoms with van der Waals surface area (Å²) in [5.41, 5.74) is 0.842. The van der Waals surface area contributed by atoms with Crippen LogP contribution < -0.4 is 18.9 Å². The van der Waals surface area contributed by atoms with E-state index in [-0.39, 0.29) is 48.7 Å². The van der Waals surface area contributed by atoms with Crippen LogP contribution in [0.4, 0.5) is 0 Å². The molecule has 0 aromatic heterocycles. The van der Waals surface area contributed by atoms with Crippen LogP contribution in [0.15, 0.2) is 121 Å². The summed E-state index contributed by atoms with van der Waals surface area (Å²) in [6.45, 7) is 19.7. The Balaban J connectivity index is 1.50. The fourth-order valence-corrected chi connectivity index (χ4v) is 3.75. The Bertz CT molecular complexity index is 1620. The summed E-state index contributed by atoms with van der Waals surface area (Å²) < 4.78 is 44.3. The van der Waals surface area contributed by atoms with Crippen LogP contribution in [0.25, 0.3) is 0 Å². The maximum absolute atomic E-state index is 12.0. The van der Waals surface area contributed by atoms with Crippen molar-refractivity contribution in [2.24, 2.45) is 0 Å². The summed E-state index contributed by atoms with van der Waals surface area (Å²) in [6, 6.07) is 20.6. The van der Waals surface area contributed by atoms with Gasteiger partial charge in [0, 0.05) is 22.3 Å². The van der Waals surface area contributed by atoms with Crippen LogP contribution >= 0.6 is 0 Å². The monoisotopic (exact) mass is 714 g/mol. The molecular weight excluding hydrogens is 672 g/mol. The van der Waals surface area contributed by atoms with Gasteiger partial charge >= 0.3 is 23.9 Å². The first-order valence-corrected chi connectivity index (χ1v) is 16.0. The fourth-order valence-electron chi connectivity index (χ4n) is 3.75. The Hall–Kier alpha value is -6.30. The van der Waals surface area contributed by atoms with E-state index in [4.69, 9.17) is 37.9 Å². The van der Waals surface area contributed by atoms with Crippen molar-refractivity contribution in [3.63, 3.8) is 0 Å². The molecule has 0 amide bonds.